The van der Waals surface area contributed by atoms with E-state index in [0.717, 1.165) is 16.3 Å². The van der Waals surface area contributed by atoms with Crippen LogP contribution in [0.2, 0.25) is 0 Å². The number of hydrogen-bond acceptors (Lipinski definition) is 5. The van der Waals surface area contributed by atoms with Crippen molar-refractivity contribution in [1.82, 2.24) is 5.32 Å². The second kappa shape index (κ2) is 8.15. The minimum Gasteiger partial charge on any atom is -0.444 e. The van der Waals surface area contributed by atoms with Crippen molar-refractivity contribution in [2.75, 3.05) is 13.2 Å². The highest BCUT2D eigenvalue weighted by Gasteiger charge is 2.17. The van der Waals surface area contributed by atoms with E-state index in [0.29, 0.717) is 0 Å². The normalized spacial score (nSPS) is 14.3. The van der Waals surface area contributed by atoms with Crippen molar-refractivity contribution in [3.05, 3.63) is 30.3 Å². The van der Waals surface area contributed by atoms with E-state index in [2.05, 4.69) is 5.32 Å². The van der Waals surface area contributed by atoms with Crippen molar-refractivity contribution in [3.8, 4) is 0 Å². The zero-order chi connectivity index (χ0) is 15.9. The smallest absolute Gasteiger partial charge is 0.407 e. The van der Waals surface area contributed by atoms with Gasteiger partial charge in [-0.2, -0.15) is 0 Å². The Morgan fingerprint density at radius 2 is 2.00 bits per heavy atom. The number of amides is 1. The second-order valence-electron chi connectivity index (χ2n) is 5.13. The van der Waals surface area contributed by atoms with Gasteiger partial charge in [-0.25, -0.2) is 4.79 Å². The van der Waals surface area contributed by atoms with Crippen LogP contribution >= 0.6 is 17.1 Å². The Morgan fingerprint density at radius 1 is 1.38 bits per heavy atom. The summed E-state index contributed by atoms with van der Waals surface area (Å²) in [6, 6.07) is 9.31. The molecule has 5 nitrogen and oxygen atoms in total. The van der Waals surface area contributed by atoms with Gasteiger partial charge in [0.25, 0.3) is 0 Å². The molecular formula is C13H20NO4PS2. The Bertz CT molecular complexity index is 505. The molecule has 1 aromatic carbocycles. The first kappa shape index (κ1) is 18.5. The van der Waals surface area contributed by atoms with Crippen molar-refractivity contribution < 1.29 is 18.9 Å². The van der Waals surface area contributed by atoms with Gasteiger partial charge in [0.2, 0.25) is 5.69 Å². The lowest BCUT2D eigenvalue weighted by Gasteiger charge is -2.20. The van der Waals surface area contributed by atoms with Crippen LogP contribution in [0.25, 0.3) is 0 Å². The van der Waals surface area contributed by atoms with Crippen LogP contribution in [0.5, 0.6) is 0 Å². The van der Waals surface area contributed by atoms with Gasteiger partial charge in [0, 0.05) is 11.4 Å². The maximum atomic E-state index is 11.4. The number of rotatable bonds is 6. The van der Waals surface area contributed by atoms with Crippen molar-refractivity contribution in [2.45, 2.75) is 31.3 Å². The summed E-state index contributed by atoms with van der Waals surface area (Å²) in [5, 5.41) is 2.54. The molecule has 0 saturated heterocycles. The van der Waals surface area contributed by atoms with Crippen LogP contribution in [-0.2, 0) is 21.1 Å². The van der Waals surface area contributed by atoms with Crippen molar-refractivity contribution in [2.24, 2.45) is 0 Å². The summed E-state index contributed by atoms with van der Waals surface area (Å²) in [4.78, 5) is 22.3. The zero-order valence-corrected chi connectivity index (χ0v) is 14.8. The molecule has 0 saturated carbocycles. The Labute approximate surface area is 134 Å². The van der Waals surface area contributed by atoms with Crippen molar-refractivity contribution in [1.29, 1.82) is 0 Å². The molecule has 0 aliphatic heterocycles. The Hall–Kier alpha value is -0.590. The standard InChI is InChI=1S/C13H20NO4PS2/c1-13(2,3)18-12(15)14-9-10-17-19(16,20)21-11-7-5-4-6-8-11/h4-8H,9-10H2,1-3H3,(H,14,15)(H,16,20). The van der Waals surface area contributed by atoms with Crippen molar-refractivity contribution >= 4 is 35.0 Å². The zero-order valence-electron chi connectivity index (χ0n) is 12.2. The van der Waals surface area contributed by atoms with Crippen LogP contribution in [0, 0.1) is 0 Å². The molecule has 2 N–H and O–H groups in total. The van der Waals surface area contributed by atoms with Crippen LogP contribution in [0.4, 0.5) is 4.79 Å². The van der Waals surface area contributed by atoms with Gasteiger partial charge in [0.05, 0.1) is 6.61 Å². The Kier molecular flexibility index (Phi) is 7.16. The van der Waals surface area contributed by atoms with E-state index < -0.39 is 17.4 Å². The summed E-state index contributed by atoms with van der Waals surface area (Å²) in [7, 11) is 0. The number of ether oxygens (including phenoxy) is 1. The van der Waals surface area contributed by atoms with E-state index >= 15 is 0 Å². The average Bonchev–Trinajstić information content (AvgIpc) is 2.33. The highest BCUT2D eigenvalue weighted by molar-refractivity contribution is 8.67. The van der Waals surface area contributed by atoms with Gasteiger partial charge < -0.3 is 19.5 Å². The largest absolute Gasteiger partial charge is 0.444 e. The summed E-state index contributed by atoms with van der Waals surface area (Å²) in [5.74, 6) is 0. The first-order chi connectivity index (χ1) is 9.68. The average molecular weight is 349 g/mol. The molecule has 1 atom stereocenters. The maximum Gasteiger partial charge on any atom is 0.407 e. The molecule has 0 aromatic heterocycles. The van der Waals surface area contributed by atoms with Gasteiger partial charge >= 0.3 is 6.09 Å². The highest BCUT2D eigenvalue weighted by atomic mass is 32.9. The van der Waals surface area contributed by atoms with Gasteiger partial charge in [0.15, 0.2) is 0 Å². The Balaban J connectivity index is 2.28. The highest BCUT2D eigenvalue weighted by Crippen LogP contribution is 2.59. The van der Waals surface area contributed by atoms with E-state index in [-0.39, 0.29) is 13.2 Å². The first-order valence-corrected chi connectivity index (χ1v) is 10.5. The lowest BCUT2D eigenvalue weighted by molar-refractivity contribution is 0.0520. The van der Waals surface area contributed by atoms with E-state index in [1.165, 1.54) is 0 Å². The van der Waals surface area contributed by atoms with Crippen molar-refractivity contribution in [3.63, 3.8) is 0 Å². The summed E-state index contributed by atoms with van der Waals surface area (Å²) >= 11 is 6.19. The van der Waals surface area contributed by atoms with E-state index in [4.69, 9.17) is 21.1 Å². The summed E-state index contributed by atoms with van der Waals surface area (Å²) in [6.07, 6.45) is -0.520. The van der Waals surface area contributed by atoms with Gasteiger partial charge in [0.1, 0.15) is 5.60 Å². The molecule has 1 rings (SSSR count). The quantitative estimate of drug-likeness (QED) is 0.605. The molecule has 0 aliphatic rings. The van der Waals surface area contributed by atoms with Gasteiger partial charge in [-0.1, -0.05) is 18.2 Å². The number of benzene rings is 1. The van der Waals surface area contributed by atoms with Crippen LogP contribution in [0.15, 0.2) is 35.2 Å². The molecule has 0 heterocycles. The predicted molar refractivity (Wildman–Crippen MR) is 89.0 cm³/mol. The fourth-order valence-electron chi connectivity index (χ4n) is 1.27. The van der Waals surface area contributed by atoms with E-state index in [1.807, 2.05) is 30.3 Å². The van der Waals surface area contributed by atoms with Crippen LogP contribution < -0.4 is 5.32 Å². The molecule has 118 valence electrons. The Morgan fingerprint density at radius 3 is 2.57 bits per heavy atom. The first-order valence-electron chi connectivity index (χ1n) is 6.37. The fourth-order valence-corrected chi connectivity index (χ4v) is 4.73. The molecule has 21 heavy (non-hydrogen) atoms. The van der Waals surface area contributed by atoms with Gasteiger partial charge in [-0.05, 0) is 56.1 Å². The molecule has 0 aliphatic carbocycles. The molecule has 1 unspecified atom stereocenters. The third-order valence-electron chi connectivity index (χ3n) is 1.99. The molecule has 1 amide bonds. The summed E-state index contributed by atoms with van der Waals surface area (Å²) in [6.45, 7) is 5.71. The third kappa shape index (κ3) is 9.11. The summed E-state index contributed by atoms with van der Waals surface area (Å²) in [5.41, 5.74) is -3.50. The fraction of sp³-hybridized carbons (Fsp3) is 0.462. The minimum absolute atomic E-state index is 0.132. The SMILES string of the molecule is CC(C)(C)OC(=O)NCCOP(O)(=S)Sc1ccccc1. The lowest BCUT2D eigenvalue weighted by Crippen LogP contribution is -2.34. The number of nitrogens with one attached hydrogen (secondary N) is 1. The van der Waals surface area contributed by atoms with Crippen LogP contribution in [0.1, 0.15) is 20.8 Å². The topological polar surface area (TPSA) is 67.8 Å². The molecule has 0 fully saturated rings. The monoisotopic (exact) mass is 349 g/mol. The molecule has 0 bridgehead atoms. The molecule has 1 aromatic rings. The molecule has 0 radical (unpaired) electrons. The summed E-state index contributed by atoms with van der Waals surface area (Å²) < 4.78 is 10.4. The maximum absolute atomic E-state index is 11.4. The molecule has 8 heteroatoms. The number of alkyl carbamates (subject to hydrolysis) is 1. The van der Waals surface area contributed by atoms with E-state index in [9.17, 15) is 9.69 Å². The van der Waals surface area contributed by atoms with Crippen LogP contribution in [-0.4, -0.2) is 29.7 Å². The molecular weight excluding hydrogens is 329 g/mol. The number of hydrogen-bond donors (Lipinski definition) is 2. The molecule has 0 spiro atoms. The number of carbonyl (C=O) groups excluding carboxylic acids is 1. The third-order valence-corrected chi connectivity index (χ3v) is 5.84. The van der Waals surface area contributed by atoms with Crippen LogP contribution in [0.3, 0.4) is 0 Å². The number of carbonyl (C=O) groups is 1. The lowest BCUT2D eigenvalue weighted by atomic mass is 10.2. The minimum atomic E-state index is -2.96. The van der Waals surface area contributed by atoms with Gasteiger partial charge in [-0.15, -0.1) is 0 Å². The second-order valence-corrected chi connectivity index (χ2v) is 11.2. The van der Waals surface area contributed by atoms with E-state index in [1.54, 1.807) is 20.8 Å². The van der Waals surface area contributed by atoms with Gasteiger partial charge in [-0.3, -0.25) is 0 Å². The predicted octanol–water partition coefficient (Wildman–Crippen LogP) is 3.54.